The SMILES string of the molecule is COC(=O)c1cnccc1C1CNCCN1. The second-order valence-electron chi connectivity index (χ2n) is 3.67. The van der Waals surface area contributed by atoms with Crippen LogP contribution in [0, 0.1) is 0 Å². The highest BCUT2D eigenvalue weighted by atomic mass is 16.5. The first kappa shape index (κ1) is 11.0. The van der Waals surface area contributed by atoms with E-state index in [1.165, 1.54) is 7.11 Å². The minimum absolute atomic E-state index is 0.144. The number of aromatic nitrogens is 1. The summed E-state index contributed by atoms with van der Waals surface area (Å²) < 4.78 is 4.74. The van der Waals surface area contributed by atoms with Crippen LogP contribution in [0.15, 0.2) is 18.5 Å². The minimum Gasteiger partial charge on any atom is -0.465 e. The third-order valence-corrected chi connectivity index (χ3v) is 2.68. The molecule has 1 atom stereocenters. The largest absolute Gasteiger partial charge is 0.465 e. The molecule has 2 rings (SSSR count). The topological polar surface area (TPSA) is 63.2 Å². The van der Waals surface area contributed by atoms with Crippen LogP contribution >= 0.6 is 0 Å². The second kappa shape index (κ2) is 5.05. The van der Waals surface area contributed by atoms with Crippen LogP contribution in [0.4, 0.5) is 0 Å². The highest BCUT2D eigenvalue weighted by Crippen LogP contribution is 2.18. The zero-order chi connectivity index (χ0) is 11.4. The number of hydrogen-bond acceptors (Lipinski definition) is 5. The number of nitrogens with one attached hydrogen (secondary N) is 2. The van der Waals surface area contributed by atoms with Crippen LogP contribution in [0.3, 0.4) is 0 Å². The number of carbonyl (C=O) groups excluding carboxylic acids is 1. The predicted molar refractivity (Wildman–Crippen MR) is 59.2 cm³/mol. The molecule has 2 heterocycles. The molecule has 1 aliphatic rings. The van der Waals surface area contributed by atoms with E-state index in [0.717, 1.165) is 25.2 Å². The highest BCUT2D eigenvalue weighted by Gasteiger charge is 2.20. The Morgan fingerprint density at radius 2 is 2.44 bits per heavy atom. The van der Waals surface area contributed by atoms with E-state index in [0.29, 0.717) is 5.56 Å². The smallest absolute Gasteiger partial charge is 0.339 e. The summed E-state index contributed by atoms with van der Waals surface area (Å²) in [5.41, 5.74) is 1.47. The number of piperazine rings is 1. The van der Waals surface area contributed by atoms with E-state index in [4.69, 9.17) is 4.74 Å². The molecule has 0 aromatic carbocycles. The fraction of sp³-hybridized carbons (Fsp3) is 0.455. The van der Waals surface area contributed by atoms with E-state index in [1.807, 2.05) is 6.07 Å². The average Bonchev–Trinajstić information content (AvgIpc) is 2.39. The lowest BCUT2D eigenvalue weighted by Gasteiger charge is -2.25. The number of rotatable bonds is 2. The lowest BCUT2D eigenvalue weighted by molar-refractivity contribution is 0.0598. The van der Waals surface area contributed by atoms with Gasteiger partial charge in [0.25, 0.3) is 0 Å². The maximum absolute atomic E-state index is 11.6. The fourth-order valence-electron chi connectivity index (χ4n) is 1.86. The molecule has 1 saturated heterocycles. The van der Waals surface area contributed by atoms with E-state index in [-0.39, 0.29) is 12.0 Å². The van der Waals surface area contributed by atoms with E-state index in [2.05, 4.69) is 15.6 Å². The molecule has 0 amide bonds. The Morgan fingerprint density at radius 3 is 3.12 bits per heavy atom. The second-order valence-corrected chi connectivity index (χ2v) is 3.67. The zero-order valence-corrected chi connectivity index (χ0v) is 9.19. The molecule has 16 heavy (non-hydrogen) atoms. The van der Waals surface area contributed by atoms with Crippen molar-refractivity contribution in [1.82, 2.24) is 15.6 Å². The van der Waals surface area contributed by atoms with Crippen molar-refractivity contribution in [3.8, 4) is 0 Å². The highest BCUT2D eigenvalue weighted by molar-refractivity contribution is 5.90. The van der Waals surface area contributed by atoms with Gasteiger partial charge in [-0.25, -0.2) is 4.79 Å². The molecular weight excluding hydrogens is 206 g/mol. The van der Waals surface area contributed by atoms with Crippen molar-refractivity contribution in [3.05, 3.63) is 29.6 Å². The number of hydrogen-bond donors (Lipinski definition) is 2. The van der Waals surface area contributed by atoms with Crippen LogP contribution in [0.1, 0.15) is 22.0 Å². The molecule has 1 aromatic heterocycles. The van der Waals surface area contributed by atoms with E-state index >= 15 is 0 Å². The summed E-state index contributed by atoms with van der Waals surface area (Å²) >= 11 is 0. The number of carbonyl (C=O) groups is 1. The van der Waals surface area contributed by atoms with Gasteiger partial charge in [-0.15, -0.1) is 0 Å². The fourth-order valence-corrected chi connectivity index (χ4v) is 1.86. The predicted octanol–water partition coefficient (Wildman–Crippen LogP) is 0.102. The standard InChI is InChI=1S/C11H15N3O2/c1-16-11(15)9-6-12-3-2-8(9)10-7-13-4-5-14-10/h2-3,6,10,13-14H,4-5,7H2,1H3. The van der Waals surface area contributed by atoms with Crippen molar-refractivity contribution in [2.45, 2.75) is 6.04 Å². The maximum Gasteiger partial charge on any atom is 0.339 e. The summed E-state index contributed by atoms with van der Waals surface area (Å²) in [6, 6.07) is 2.00. The Kier molecular flexibility index (Phi) is 3.48. The Morgan fingerprint density at radius 1 is 1.56 bits per heavy atom. The first-order chi connectivity index (χ1) is 7.83. The molecule has 5 heteroatoms. The summed E-state index contributed by atoms with van der Waals surface area (Å²) in [6.45, 7) is 2.66. The van der Waals surface area contributed by atoms with E-state index in [1.54, 1.807) is 12.4 Å². The molecule has 0 bridgehead atoms. The Balaban J connectivity index is 2.28. The quantitative estimate of drug-likeness (QED) is 0.694. The number of nitrogens with zero attached hydrogens (tertiary/aromatic N) is 1. The number of ether oxygens (including phenoxy) is 1. The molecule has 1 aliphatic heterocycles. The lowest BCUT2D eigenvalue weighted by Crippen LogP contribution is -2.43. The Bertz CT molecular complexity index is 375. The monoisotopic (exact) mass is 221 g/mol. The van der Waals surface area contributed by atoms with Crippen LogP contribution in [0.25, 0.3) is 0 Å². The molecular formula is C11H15N3O2. The molecule has 5 nitrogen and oxygen atoms in total. The summed E-state index contributed by atoms with van der Waals surface area (Å²) in [5, 5.41) is 6.64. The Hall–Kier alpha value is -1.46. The van der Waals surface area contributed by atoms with Gasteiger partial charge in [-0.2, -0.15) is 0 Å². The van der Waals surface area contributed by atoms with Crippen LogP contribution in [0.2, 0.25) is 0 Å². The molecule has 1 unspecified atom stereocenters. The third-order valence-electron chi connectivity index (χ3n) is 2.68. The van der Waals surface area contributed by atoms with Crippen molar-refractivity contribution in [1.29, 1.82) is 0 Å². The molecule has 1 aromatic rings. The lowest BCUT2D eigenvalue weighted by atomic mass is 10.0. The van der Waals surface area contributed by atoms with Gasteiger partial charge in [0.1, 0.15) is 0 Å². The summed E-state index contributed by atoms with van der Waals surface area (Å²) in [5.74, 6) is -0.338. The normalized spacial score (nSPS) is 20.4. The van der Waals surface area contributed by atoms with Crippen molar-refractivity contribution >= 4 is 5.97 Å². The number of pyridine rings is 1. The molecule has 0 saturated carbocycles. The van der Waals surface area contributed by atoms with Gasteiger partial charge in [0, 0.05) is 38.1 Å². The molecule has 1 fully saturated rings. The van der Waals surface area contributed by atoms with Gasteiger partial charge in [0.05, 0.1) is 12.7 Å². The van der Waals surface area contributed by atoms with Crippen LogP contribution < -0.4 is 10.6 Å². The van der Waals surface area contributed by atoms with Gasteiger partial charge >= 0.3 is 5.97 Å². The first-order valence-electron chi connectivity index (χ1n) is 5.29. The van der Waals surface area contributed by atoms with Gasteiger partial charge in [0.2, 0.25) is 0 Å². The van der Waals surface area contributed by atoms with Crippen molar-refractivity contribution in [2.24, 2.45) is 0 Å². The van der Waals surface area contributed by atoms with Gasteiger partial charge in [-0.05, 0) is 11.6 Å². The summed E-state index contributed by atoms with van der Waals surface area (Å²) in [4.78, 5) is 15.5. The van der Waals surface area contributed by atoms with Crippen LogP contribution in [0.5, 0.6) is 0 Å². The molecule has 0 spiro atoms. The maximum atomic E-state index is 11.6. The van der Waals surface area contributed by atoms with Crippen LogP contribution in [-0.2, 0) is 4.74 Å². The van der Waals surface area contributed by atoms with Crippen LogP contribution in [-0.4, -0.2) is 37.7 Å². The first-order valence-corrected chi connectivity index (χ1v) is 5.29. The third kappa shape index (κ3) is 2.20. The van der Waals surface area contributed by atoms with E-state index in [9.17, 15) is 4.79 Å². The van der Waals surface area contributed by atoms with E-state index < -0.39 is 0 Å². The summed E-state index contributed by atoms with van der Waals surface area (Å²) in [6.07, 6.45) is 3.25. The minimum atomic E-state index is -0.338. The number of methoxy groups -OCH3 is 1. The Labute approximate surface area is 94.2 Å². The summed E-state index contributed by atoms with van der Waals surface area (Å²) in [7, 11) is 1.38. The van der Waals surface area contributed by atoms with Gasteiger partial charge in [0.15, 0.2) is 0 Å². The van der Waals surface area contributed by atoms with Gasteiger partial charge < -0.3 is 15.4 Å². The molecule has 0 aliphatic carbocycles. The van der Waals surface area contributed by atoms with Crippen molar-refractivity contribution in [3.63, 3.8) is 0 Å². The van der Waals surface area contributed by atoms with Gasteiger partial charge in [-0.3, -0.25) is 4.98 Å². The average molecular weight is 221 g/mol. The zero-order valence-electron chi connectivity index (χ0n) is 9.19. The van der Waals surface area contributed by atoms with Crippen molar-refractivity contribution < 1.29 is 9.53 Å². The molecule has 2 N–H and O–H groups in total. The molecule has 86 valence electrons. The molecule has 0 radical (unpaired) electrons. The van der Waals surface area contributed by atoms with Gasteiger partial charge in [-0.1, -0.05) is 0 Å². The van der Waals surface area contributed by atoms with Crippen molar-refractivity contribution in [2.75, 3.05) is 26.7 Å². The number of esters is 1.